The lowest BCUT2D eigenvalue weighted by Gasteiger charge is -2.18. The first-order valence-corrected chi connectivity index (χ1v) is 10.9. The van der Waals surface area contributed by atoms with E-state index < -0.39 is 0 Å². The van der Waals surface area contributed by atoms with Crippen molar-refractivity contribution >= 4 is 16.9 Å². The van der Waals surface area contributed by atoms with E-state index in [-0.39, 0.29) is 12.4 Å². The third kappa shape index (κ3) is 3.96. The van der Waals surface area contributed by atoms with E-state index in [1.807, 2.05) is 13.0 Å². The van der Waals surface area contributed by atoms with Gasteiger partial charge in [-0.3, -0.25) is 4.79 Å². The number of fused-ring (bicyclic) bond motifs is 2. The first kappa shape index (κ1) is 20.5. The molecule has 0 saturated carbocycles. The molecule has 0 radical (unpaired) electrons. The summed E-state index contributed by atoms with van der Waals surface area (Å²) in [6.45, 7) is 9.16. The number of furan rings is 1. The normalized spacial score (nSPS) is 13.1. The predicted octanol–water partition coefficient (Wildman–Crippen LogP) is 6.04. The van der Waals surface area contributed by atoms with Gasteiger partial charge in [-0.2, -0.15) is 0 Å². The lowest BCUT2D eigenvalue weighted by Crippen LogP contribution is -2.11. The molecule has 4 rings (SSSR count). The SMILES string of the molecule is CCOC(=O)Cc1cc(C)c2c(c1OCc1cc(C(C)C)c3occc3c1)CCC2. The fourth-order valence-corrected chi connectivity index (χ4v) is 4.56. The van der Waals surface area contributed by atoms with Crippen LogP contribution >= 0.6 is 0 Å². The zero-order valence-corrected chi connectivity index (χ0v) is 18.3. The van der Waals surface area contributed by atoms with Crippen LogP contribution in [0.1, 0.15) is 66.5 Å². The van der Waals surface area contributed by atoms with Crippen molar-refractivity contribution in [3.8, 4) is 5.75 Å². The largest absolute Gasteiger partial charge is 0.488 e. The number of ether oxygens (including phenoxy) is 2. The number of aryl methyl sites for hydroxylation is 1. The molecule has 0 bridgehead atoms. The number of hydrogen-bond acceptors (Lipinski definition) is 4. The highest BCUT2D eigenvalue weighted by Gasteiger charge is 2.23. The average molecular weight is 407 g/mol. The number of carbonyl (C=O) groups is 1. The highest BCUT2D eigenvalue weighted by atomic mass is 16.5. The van der Waals surface area contributed by atoms with Crippen molar-refractivity contribution in [2.75, 3.05) is 6.61 Å². The average Bonchev–Trinajstić information content (AvgIpc) is 3.36. The number of rotatable bonds is 7. The monoisotopic (exact) mass is 406 g/mol. The van der Waals surface area contributed by atoms with Crippen LogP contribution in [0.3, 0.4) is 0 Å². The standard InChI is InChI=1S/C26H30O4/c1-5-28-24(27)14-20-11-17(4)21-7-6-8-22(21)26(20)30-15-18-12-19-9-10-29-25(19)23(13-18)16(2)3/h9-13,16H,5-8,14-15H2,1-4H3. The molecule has 30 heavy (non-hydrogen) atoms. The molecule has 0 spiro atoms. The van der Waals surface area contributed by atoms with Crippen LogP contribution in [-0.4, -0.2) is 12.6 Å². The van der Waals surface area contributed by atoms with Gasteiger partial charge >= 0.3 is 5.97 Å². The molecular weight excluding hydrogens is 376 g/mol. The molecule has 158 valence electrons. The first-order chi connectivity index (χ1) is 14.5. The molecule has 1 heterocycles. The Morgan fingerprint density at radius 3 is 2.73 bits per heavy atom. The summed E-state index contributed by atoms with van der Waals surface area (Å²) in [6, 6.07) is 8.41. The molecule has 0 amide bonds. The first-order valence-electron chi connectivity index (χ1n) is 10.9. The van der Waals surface area contributed by atoms with Gasteiger partial charge in [0.1, 0.15) is 17.9 Å². The third-order valence-corrected chi connectivity index (χ3v) is 5.94. The van der Waals surface area contributed by atoms with Crippen LogP contribution in [0.15, 0.2) is 34.9 Å². The van der Waals surface area contributed by atoms with Gasteiger partial charge in [-0.25, -0.2) is 0 Å². The Balaban J connectivity index is 1.67. The Morgan fingerprint density at radius 1 is 1.17 bits per heavy atom. The lowest BCUT2D eigenvalue weighted by atomic mass is 9.97. The minimum absolute atomic E-state index is 0.207. The van der Waals surface area contributed by atoms with Crippen LogP contribution in [0.2, 0.25) is 0 Å². The second-order valence-corrected chi connectivity index (χ2v) is 8.44. The van der Waals surface area contributed by atoms with Gasteiger partial charge in [-0.15, -0.1) is 0 Å². The predicted molar refractivity (Wildman–Crippen MR) is 118 cm³/mol. The van der Waals surface area contributed by atoms with Crippen molar-refractivity contribution in [3.63, 3.8) is 0 Å². The van der Waals surface area contributed by atoms with E-state index in [1.54, 1.807) is 6.26 Å². The second-order valence-electron chi connectivity index (χ2n) is 8.44. The van der Waals surface area contributed by atoms with Crippen LogP contribution in [0.4, 0.5) is 0 Å². The van der Waals surface area contributed by atoms with E-state index in [0.29, 0.717) is 19.1 Å². The topological polar surface area (TPSA) is 48.7 Å². The van der Waals surface area contributed by atoms with Crippen LogP contribution in [0.5, 0.6) is 5.75 Å². The van der Waals surface area contributed by atoms with Crippen molar-refractivity contribution < 1.29 is 18.7 Å². The summed E-state index contributed by atoms with van der Waals surface area (Å²) in [5.41, 5.74) is 8.08. The fraction of sp³-hybridized carbons (Fsp3) is 0.423. The van der Waals surface area contributed by atoms with E-state index in [0.717, 1.165) is 47.1 Å². The van der Waals surface area contributed by atoms with Crippen molar-refractivity contribution in [1.29, 1.82) is 0 Å². The van der Waals surface area contributed by atoms with Gasteiger partial charge in [-0.05, 0) is 85.0 Å². The summed E-state index contributed by atoms with van der Waals surface area (Å²) in [6.07, 6.45) is 5.20. The van der Waals surface area contributed by atoms with Crippen LogP contribution < -0.4 is 4.74 Å². The van der Waals surface area contributed by atoms with E-state index in [4.69, 9.17) is 13.9 Å². The maximum Gasteiger partial charge on any atom is 0.310 e. The molecule has 1 aromatic heterocycles. The quantitative estimate of drug-likeness (QED) is 0.449. The van der Waals surface area contributed by atoms with Gasteiger partial charge in [0.15, 0.2) is 0 Å². The summed E-state index contributed by atoms with van der Waals surface area (Å²) in [5.74, 6) is 1.03. The van der Waals surface area contributed by atoms with Crippen LogP contribution in [0, 0.1) is 6.92 Å². The summed E-state index contributed by atoms with van der Waals surface area (Å²) < 4.78 is 17.3. The van der Waals surface area contributed by atoms with Gasteiger partial charge in [0.2, 0.25) is 0 Å². The van der Waals surface area contributed by atoms with Crippen molar-refractivity contribution in [2.45, 2.75) is 65.9 Å². The van der Waals surface area contributed by atoms with Crippen molar-refractivity contribution in [3.05, 3.63) is 63.9 Å². The van der Waals surface area contributed by atoms with Gasteiger partial charge in [-0.1, -0.05) is 19.9 Å². The van der Waals surface area contributed by atoms with Gasteiger partial charge in [0, 0.05) is 10.9 Å². The molecule has 1 aliphatic rings. The fourth-order valence-electron chi connectivity index (χ4n) is 4.56. The Kier molecular flexibility index (Phi) is 5.85. The van der Waals surface area contributed by atoms with Gasteiger partial charge in [0.05, 0.1) is 19.3 Å². The van der Waals surface area contributed by atoms with Gasteiger partial charge in [0.25, 0.3) is 0 Å². The number of benzene rings is 2. The highest BCUT2D eigenvalue weighted by molar-refractivity contribution is 5.81. The minimum atomic E-state index is -0.207. The maximum atomic E-state index is 12.2. The Labute approximate surface area is 178 Å². The number of carbonyl (C=O) groups excluding carboxylic acids is 1. The Hall–Kier alpha value is -2.75. The summed E-state index contributed by atoms with van der Waals surface area (Å²) in [7, 11) is 0. The Bertz CT molecular complexity index is 1070. The molecule has 2 aromatic carbocycles. The summed E-state index contributed by atoms with van der Waals surface area (Å²) >= 11 is 0. The smallest absolute Gasteiger partial charge is 0.310 e. The van der Waals surface area contributed by atoms with E-state index in [2.05, 4.69) is 39.0 Å². The second kappa shape index (κ2) is 8.55. The molecule has 0 fully saturated rings. The molecule has 0 N–H and O–H groups in total. The Morgan fingerprint density at radius 2 is 1.97 bits per heavy atom. The molecule has 0 saturated heterocycles. The molecule has 4 heteroatoms. The molecule has 0 atom stereocenters. The van der Waals surface area contributed by atoms with Gasteiger partial charge < -0.3 is 13.9 Å². The molecule has 4 nitrogen and oxygen atoms in total. The van der Waals surface area contributed by atoms with Crippen LogP contribution in [0.25, 0.3) is 11.0 Å². The van der Waals surface area contributed by atoms with E-state index >= 15 is 0 Å². The molecule has 0 aliphatic heterocycles. The molecule has 0 unspecified atom stereocenters. The van der Waals surface area contributed by atoms with Crippen molar-refractivity contribution in [1.82, 2.24) is 0 Å². The molecular formula is C26H30O4. The maximum absolute atomic E-state index is 12.2. The summed E-state index contributed by atoms with van der Waals surface area (Å²) in [5, 5.41) is 1.10. The third-order valence-electron chi connectivity index (χ3n) is 5.94. The number of esters is 1. The lowest BCUT2D eigenvalue weighted by molar-refractivity contribution is -0.142. The minimum Gasteiger partial charge on any atom is -0.488 e. The van der Waals surface area contributed by atoms with E-state index in [9.17, 15) is 4.79 Å². The molecule has 1 aliphatic carbocycles. The number of hydrogen-bond donors (Lipinski definition) is 0. The summed E-state index contributed by atoms with van der Waals surface area (Å²) in [4.78, 5) is 12.2. The zero-order valence-electron chi connectivity index (χ0n) is 18.3. The molecule has 3 aromatic rings. The van der Waals surface area contributed by atoms with Crippen molar-refractivity contribution in [2.24, 2.45) is 0 Å². The zero-order chi connectivity index (χ0) is 21.3. The van der Waals surface area contributed by atoms with E-state index in [1.165, 1.54) is 22.3 Å². The van der Waals surface area contributed by atoms with Crippen LogP contribution in [-0.2, 0) is 35.4 Å². The highest BCUT2D eigenvalue weighted by Crippen LogP contribution is 2.37.